The molecule has 4 heteroatoms. The largest absolute Gasteiger partial charge is 0.493 e. The second-order valence-corrected chi connectivity index (χ2v) is 5.49. The van der Waals surface area contributed by atoms with Crippen LogP contribution >= 0.6 is 0 Å². The highest BCUT2D eigenvalue weighted by Crippen LogP contribution is 2.39. The van der Waals surface area contributed by atoms with E-state index in [2.05, 4.69) is 24.8 Å². The maximum atomic E-state index is 9.12. The third-order valence-electron chi connectivity index (χ3n) is 3.74. The van der Waals surface area contributed by atoms with Crippen molar-refractivity contribution in [3.63, 3.8) is 0 Å². The quantitative estimate of drug-likeness (QED) is 0.838. The van der Waals surface area contributed by atoms with Crippen LogP contribution in [0, 0.1) is 17.2 Å². The van der Waals surface area contributed by atoms with Gasteiger partial charge in [-0.1, -0.05) is 0 Å². The van der Waals surface area contributed by atoms with Gasteiger partial charge in [-0.2, -0.15) is 5.26 Å². The summed E-state index contributed by atoms with van der Waals surface area (Å²) in [6.07, 6.45) is 0.887. The van der Waals surface area contributed by atoms with E-state index in [9.17, 15) is 0 Å². The molecule has 1 heterocycles. The average Bonchev–Trinajstić information content (AvgIpc) is 2.73. The molecule has 0 spiro atoms. The van der Waals surface area contributed by atoms with Crippen molar-refractivity contribution in [2.45, 2.75) is 25.8 Å². The Kier molecular flexibility index (Phi) is 3.57. The lowest BCUT2D eigenvalue weighted by Crippen LogP contribution is -2.38. The van der Waals surface area contributed by atoms with Crippen LogP contribution in [0.3, 0.4) is 0 Å². The molecule has 1 fully saturated rings. The predicted octanol–water partition coefficient (Wildman–Crippen LogP) is 2.83. The van der Waals surface area contributed by atoms with Gasteiger partial charge in [0.25, 0.3) is 0 Å². The highest BCUT2D eigenvalue weighted by molar-refractivity contribution is 5.58. The Hall–Kier alpha value is -1.89. The van der Waals surface area contributed by atoms with E-state index < -0.39 is 0 Å². The maximum absolute atomic E-state index is 9.12. The summed E-state index contributed by atoms with van der Waals surface area (Å²) in [7, 11) is 3.26. The molecule has 19 heavy (non-hydrogen) atoms. The fourth-order valence-electron chi connectivity index (χ4n) is 2.78. The van der Waals surface area contributed by atoms with Crippen LogP contribution in [0.15, 0.2) is 18.2 Å². The molecule has 1 saturated heterocycles. The summed E-state index contributed by atoms with van der Waals surface area (Å²) in [4.78, 5) is 2.27. The fourth-order valence-corrected chi connectivity index (χ4v) is 2.78. The van der Waals surface area contributed by atoms with E-state index >= 15 is 0 Å². The molecule has 1 aromatic rings. The minimum atomic E-state index is -0.0139. The zero-order valence-electron chi connectivity index (χ0n) is 11.9. The van der Waals surface area contributed by atoms with E-state index in [1.165, 1.54) is 0 Å². The number of ether oxygens (including phenoxy) is 2. The van der Waals surface area contributed by atoms with Gasteiger partial charge in [0.2, 0.25) is 0 Å². The Bertz CT molecular complexity index is 505. The number of hydrogen-bond acceptors (Lipinski definition) is 4. The Labute approximate surface area is 114 Å². The van der Waals surface area contributed by atoms with Crippen LogP contribution in [-0.4, -0.2) is 26.3 Å². The van der Waals surface area contributed by atoms with E-state index in [-0.39, 0.29) is 11.5 Å². The van der Waals surface area contributed by atoms with Gasteiger partial charge in [-0.05, 0) is 32.4 Å². The van der Waals surface area contributed by atoms with Crippen LogP contribution in [0.4, 0.5) is 5.69 Å². The van der Waals surface area contributed by atoms with Crippen molar-refractivity contribution in [3.8, 4) is 17.6 Å². The summed E-state index contributed by atoms with van der Waals surface area (Å²) >= 11 is 0. The van der Waals surface area contributed by atoms with Crippen LogP contribution in [0.5, 0.6) is 11.5 Å². The smallest absolute Gasteiger partial charge is 0.162 e. The Morgan fingerprint density at radius 1 is 1.26 bits per heavy atom. The topological polar surface area (TPSA) is 45.5 Å². The molecule has 1 aromatic carbocycles. The second-order valence-electron chi connectivity index (χ2n) is 5.49. The molecule has 0 aromatic heterocycles. The Balaban J connectivity index is 2.34. The monoisotopic (exact) mass is 260 g/mol. The van der Waals surface area contributed by atoms with Crippen molar-refractivity contribution < 1.29 is 9.47 Å². The van der Waals surface area contributed by atoms with Crippen LogP contribution in [0.2, 0.25) is 0 Å². The molecule has 1 atom stereocenters. The van der Waals surface area contributed by atoms with Crippen LogP contribution < -0.4 is 14.4 Å². The maximum Gasteiger partial charge on any atom is 0.162 e. The summed E-state index contributed by atoms with van der Waals surface area (Å²) in [5, 5.41) is 9.12. The average molecular weight is 260 g/mol. The number of benzene rings is 1. The van der Waals surface area contributed by atoms with Crippen molar-refractivity contribution in [3.05, 3.63) is 18.2 Å². The molecular formula is C15H20N2O2. The van der Waals surface area contributed by atoms with Gasteiger partial charge in [0.05, 0.1) is 26.2 Å². The van der Waals surface area contributed by atoms with E-state index in [4.69, 9.17) is 14.7 Å². The summed E-state index contributed by atoms with van der Waals surface area (Å²) < 4.78 is 10.6. The first-order valence-electron chi connectivity index (χ1n) is 6.41. The third-order valence-corrected chi connectivity index (χ3v) is 3.74. The normalized spacial score (nSPS) is 21.0. The minimum absolute atomic E-state index is 0.0139. The van der Waals surface area contributed by atoms with Gasteiger partial charge in [0.15, 0.2) is 11.5 Å². The van der Waals surface area contributed by atoms with Crippen molar-refractivity contribution in [2.24, 2.45) is 5.92 Å². The van der Waals surface area contributed by atoms with Gasteiger partial charge in [0.1, 0.15) is 0 Å². The Morgan fingerprint density at radius 3 is 2.47 bits per heavy atom. The number of hydrogen-bond donors (Lipinski definition) is 0. The minimum Gasteiger partial charge on any atom is -0.493 e. The highest BCUT2D eigenvalue weighted by Gasteiger charge is 2.38. The first-order valence-corrected chi connectivity index (χ1v) is 6.41. The number of nitrogens with zero attached hydrogens (tertiary/aromatic N) is 2. The van der Waals surface area contributed by atoms with Crippen LogP contribution in [-0.2, 0) is 0 Å². The highest BCUT2D eigenvalue weighted by atomic mass is 16.5. The molecule has 0 aliphatic carbocycles. The van der Waals surface area contributed by atoms with Crippen LogP contribution in [0.25, 0.3) is 0 Å². The predicted molar refractivity (Wildman–Crippen MR) is 74.7 cm³/mol. The molecule has 4 nitrogen and oxygen atoms in total. The fraction of sp³-hybridized carbons (Fsp3) is 0.533. The standard InChI is InChI=1S/C15H20N2O2/c1-15(2)8-11(9-16)10-17(15)12-5-6-13(18-3)14(7-12)19-4/h5-7,11H,8,10H2,1-4H3. The number of rotatable bonds is 3. The number of nitriles is 1. The number of methoxy groups -OCH3 is 2. The van der Waals surface area contributed by atoms with Gasteiger partial charge in [-0.25, -0.2) is 0 Å². The molecule has 0 saturated carbocycles. The molecule has 0 amide bonds. The summed E-state index contributed by atoms with van der Waals surface area (Å²) in [6, 6.07) is 8.27. The van der Waals surface area contributed by atoms with E-state index in [0.717, 1.165) is 30.2 Å². The van der Waals surface area contributed by atoms with Gasteiger partial charge >= 0.3 is 0 Å². The SMILES string of the molecule is COc1ccc(N2CC(C#N)CC2(C)C)cc1OC. The zero-order valence-corrected chi connectivity index (χ0v) is 11.9. The van der Waals surface area contributed by atoms with E-state index in [0.29, 0.717) is 0 Å². The zero-order chi connectivity index (χ0) is 14.0. The van der Waals surface area contributed by atoms with E-state index in [1.54, 1.807) is 14.2 Å². The lowest BCUT2D eigenvalue weighted by Gasteiger charge is -2.33. The molecule has 0 N–H and O–H groups in total. The molecule has 0 radical (unpaired) electrons. The third kappa shape index (κ3) is 2.46. The van der Waals surface area contributed by atoms with Gasteiger partial charge in [-0.3, -0.25) is 0 Å². The van der Waals surface area contributed by atoms with Gasteiger partial charge < -0.3 is 14.4 Å². The molecule has 1 aliphatic rings. The lowest BCUT2D eigenvalue weighted by atomic mass is 9.97. The summed E-state index contributed by atoms with van der Waals surface area (Å²) in [6.45, 7) is 5.10. The first-order chi connectivity index (χ1) is 9.01. The molecule has 102 valence electrons. The molecule has 1 aliphatic heterocycles. The van der Waals surface area contributed by atoms with Crippen LogP contribution in [0.1, 0.15) is 20.3 Å². The summed E-state index contributed by atoms with van der Waals surface area (Å²) in [5.41, 5.74) is 1.06. The lowest BCUT2D eigenvalue weighted by molar-refractivity contribution is 0.355. The van der Waals surface area contributed by atoms with Crippen molar-refractivity contribution in [2.75, 3.05) is 25.7 Å². The second kappa shape index (κ2) is 5.00. The van der Waals surface area contributed by atoms with Crippen molar-refractivity contribution in [1.82, 2.24) is 0 Å². The van der Waals surface area contributed by atoms with E-state index in [1.807, 2.05) is 18.2 Å². The van der Waals surface area contributed by atoms with Crippen molar-refractivity contribution >= 4 is 5.69 Å². The van der Waals surface area contributed by atoms with Crippen molar-refractivity contribution in [1.29, 1.82) is 5.26 Å². The molecule has 1 unspecified atom stereocenters. The molecule has 2 rings (SSSR count). The summed E-state index contributed by atoms with van der Waals surface area (Å²) in [5.74, 6) is 1.53. The first kappa shape index (κ1) is 13.5. The Morgan fingerprint density at radius 2 is 1.95 bits per heavy atom. The van der Waals surface area contributed by atoms with Gasteiger partial charge in [-0.15, -0.1) is 0 Å². The van der Waals surface area contributed by atoms with Gasteiger partial charge in [0, 0.05) is 23.8 Å². The molecule has 0 bridgehead atoms. The number of anilines is 1. The molecular weight excluding hydrogens is 240 g/mol.